The van der Waals surface area contributed by atoms with Gasteiger partial charge in [-0.1, -0.05) is 12.1 Å². The predicted molar refractivity (Wildman–Crippen MR) is 49.8 cm³/mol. The van der Waals surface area contributed by atoms with Gasteiger partial charge in [-0.2, -0.15) is 0 Å². The Bertz CT molecular complexity index is 197. The molecule has 0 unspecified atom stereocenters. The third-order valence-corrected chi connectivity index (χ3v) is 1.96. The predicted octanol–water partition coefficient (Wildman–Crippen LogP) is 2.96. The van der Waals surface area contributed by atoms with Gasteiger partial charge in [0.25, 0.3) is 0 Å². The smallest absolute Gasteiger partial charge is 0.0933 e. The second-order valence-electron chi connectivity index (χ2n) is 1.88. The Labute approximate surface area is 78.6 Å². The molecule has 0 spiro atoms. The fourth-order valence-electron chi connectivity index (χ4n) is 0.644. The molecule has 0 saturated heterocycles. The topological polar surface area (TPSA) is 9.23 Å². The lowest BCUT2D eigenvalue weighted by molar-refractivity contribution is 0.341. The first-order valence-corrected chi connectivity index (χ1v) is 4.19. The molecule has 3 heteroatoms. The van der Waals surface area contributed by atoms with Gasteiger partial charge < -0.3 is 0 Å². The van der Waals surface area contributed by atoms with Crippen LogP contribution in [-0.4, -0.2) is 0 Å². The van der Waals surface area contributed by atoms with Crippen LogP contribution in [0.4, 0.5) is 0 Å². The van der Waals surface area contributed by atoms with Crippen LogP contribution in [0, 0.1) is 3.57 Å². The number of hydrogen-bond acceptors (Lipinski definition) is 1. The Kier molecular flexibility index (Phi) is 3.45. The van der Waals surface area contributed by atoms with Crippen molar-refractivity contribution >= 4 is 34.5 Å². The minimum absolute atomic E-state index is 0.471. The van der Waals surface area contributed by atoms with Gasteiger partial charge >= 0.3 is 0 Å². The fourth-order valence-corrected chi connectivity index (χ4v) is 1.13. The van der Waals surface area contributed by atoms with Crippen LogP contribution in [0.15, 0.2) is 24.3 Å². The van der Waals surface area contributed by atoms with Crippen molar-refractivity contribution in [3.8, 4) is 0 Å². The Morgan fingerprint density at radius 2 is 1.90 bits per heavy atom. The van der Waals surface area contributed by atoms with Crippen molar-refractivity contribution in [2.45, 2.75) is 6.61 Å². The SMILES string of the molecule is ClOCc1ccc(I)cc1. The fraction of sp³-hybridized carbons (Fsp3) is 0.143. The van der Waals surface area contributed by atoms with E-state index in [9.17, 15) is 0 Å². The summed E-state index contributed by atoms with van der Waals surface area (Å²) in [5.74, 6) is 0. The molecule has 0 heterocycles. The second kappa shape index (κ2) is 4.16. The van der Waals surface area contributed by atoms with Crippen molar-refractivity contribution < 1.29 is 4.29 Å². The summed E-state index contributed by atoms with van der Waals surface area (Å²) in [6, 6.07) is 8.02. The molecule has 0 atom stereocenters. The summed E-state index contributed by atoms with van der Waals surface area (Å²) in [7, 11) is 0. The van der Waals surface area contributed by atoms with Gasteiger partial charge in [-0.3, -0.25) is 4.29 Å². The van der Waals surface area contributed by atoms with Gasteiger partial charge in [-0.05, 0) is 40.3 Å². The first-order chi connectivity index (χ1) is 4.83. The van der Waals surface area contributed by atoms with Crippen LogP contribution in [0.5, 0.6) is 0 Å². The molecule has 1 nitrogen and oxygen atoms in total. The molecular weight excluding hydrogens is 262 g/mol. The highest BCUT2D eigenvalue weighted by molar-refractivity contribution is 14.1. The minimum atomic E-state index is 0.471. The van der Waals surface area contributed by atoms with E-state index >= 15 is 0 Å². The first-order valence-electron chi connectivity index (χ1n) is 2.81. The van der Waals surface area contributed by atoms with E-state index in [-0.39, 0.29) is 0 Å². The number of benzene rings is 1. The molecule has 0 radical (unpaired) electrons. The van der Waals surface area contributed by atoms with E-state index in [1.807, 2.05) is 24.3 Å². The lowest BCUT2D eigenvalue weighted by Crippen LogP contribution is -1.82. The maximum absolute atomic E-state index is 5.07. The highest BCUT2D eigenvalue weighted by Crippen LogP contribution is 2.07. The molecule has 0 N–H and O–H groups in total. The Morgan fingerprint density at radius 1 is 1.30 bits per heavy atom. The van der Waals surface area contributed by atoms with Gasteiger partial charge in [0.2, 0.25) is 0 Å². The Hall–Kier alpha value is 0.200. The van der Waals surface area contributed by atoms with Gasteiger partial charge in [0.1, 0.15) is 0 Å². The van der Waals surface area contributed by atoms with E-state index in [1.54, 1.807) is 0 Å². The van der Waals surface area contributed by atoms with Crippen molar-refractivity contribution in [2.75, 3.05) is 0 Å². The Morgan fingerprint density at radius 3 is 2.40 bits per heavy atom. The average Bonchev–Trinajstić information content (AvgIpc) is 1.95. The maximum Gasteiger partial charge on any atom is 0.0933 e. The molecule has 54 valence electrons. The number of rotatable bonds is 2. The largest absolute Gasteiger partial charge is 0.274 e. The van der Waals surface area contributed by atoms with E-state index in [2.05, 4.69) is 26.9 Å². The van der Waals surface area contributed by atoms with Crippen LogP contribution >= 0.6 is 34.5 Å². The zero-order valence-electron chi connectivity index (χ0n) is 5.18. The van der Waals surface area contributed by atoms with Gasteiger partial charge in [-0.15, -0.1) is 0 Å². The van der Waals surface area contributed by atoms with E-state index in [0.717, 1.165) is 5.56 Å². The molecule has 10 heavy (non-hydrogen) atoms. The normalized spacial score (nSPS) is 9.80. The molecule has 0 fully saturated rings. The molecule has 0 aliphatic heterocycles. The molecule has 0 aliphatic carbocycles. The monoisotopic (exact) mass is 268 g/mol. The minimum Gasteiger partial charge on any atom is -0.274 e. The standard InChI is InChI=1S/C7H6ClIO/c8-10-5-6-1-3-7(9)4-2-6/h1-4H,5H2. The summed E-state index contributed by atoms with van der Waals surface area (Å²) >= 11 is 7.33. The zero-order chi connectivity index (χ0) is 7.40. The van der Waals surface area contributed by atoms with E-state index in [0.29, 0.717) is 6.61 Å². The van der Waals surface area contributed by atoms with E-state index in [1.165, 1.54) is 3.57 Å². The Balaban J connectivity index is 2.69. The summed E-state index contributed by atoms with van der Waals surface area (Å²) in [5.41, 5.74) is 1.09. The quantitative estimate of drug-likeness (QED) is 0.749. The molecule has 0 aromatic heterocycles. The number of halogens is 2. The zero-order valence-corrected chi connectivity index (χ0v) is 8.09. The second-order valence-corrected chi connectivity index (χ2v) is 3.34. The van der Waals surface area contributed by atoms with Crippen molar-refractivity contribution in [1.82, 2.24) is 0 Å². The highest BCUT2D eigenvalue weighted by atomic mass is 127. The van der Waals surface area contributed by atoms with Crippen molar-refractivity contribution in [2.24, 2.45) is 0 Å². The third-order valence-electron chi connectivity index (χ3n) is 1.13. The van der Waals surface area contributed by atoms with Crippen molar-refractivity contribution in [3.05, 3.63) is 33.4 Å². The van der Waals surface area contributed by atoms with Gasteiger partial charge in [0, 0.05) is 3.57 Å². The lowest BCUT2D eigenvalue weighted by Gasteiger charge is -1.95. The highest BCUT2D eigenvalue weighted by Gasteiger charge is 1.90. The summed E-state index contributed by atoms with van der Waals surface area (Å²) in [6.07, 6.45) is 0. The van der Waals surface area contributed by atoms with Crippen LogP contribution < -0.4 is 0 Å². The van der Waals surface area contributed by atoms with Gasteiger partial charge in [0.15, 0.2) is 0 Å². The molecule has 1 aromatic rings. The van der Waals surface area contributed by atoms with Crippen molar-refractivity contribution in [3.63, 3.8) is 0 Å². The van der Waals surface area contributed by atoms with E-state index in [4.69, 9.17) is 11.9 Å². The first kappa shape index (κ1) is 8.30. The average molecular weight is 268 g/mol. The summed E-state index contributed by atoms with van der Waals surface area (Å²) in [4.78, 5) is 0. The molecule has 0 amide bonds. The van der Waals surface area contributed by atoms with Gasteiger partial charge in [-0.25, -0.2) is 0 Å². The van der Waals surface area contributed by atoms with Crippen LogP contribution in [0.1, 0.15) is 5.56 Å². The van der Waals surface area contributed by atoms with Crippen molar-refractivity contribution in [1.29, 1.82) is 0 Å². The van der Waals surface area contributed by atoms with Crippen LogP contribution in [0.25, 0.3) is 0 Å². The molecule has 0 aliphatic rings. The van der Waals surface area contributed by atoms with E-state index < -0.39 is 0 Å². The van der Waals surface area contributed by atoms with Crippen LogP contribution in [-0.2, 0) is 10.9 Å². The van der Waals surface area contributed by atoms with Crippen LogP contribution in [0.3, 0.4) is 0 Å². The van der Waals surface area contributed by atoms with Gasteiger partial charge in [0.05, 0.1) is 18.5 Å². The summed E-state index contributed by atoms with van der Waals surface area (Å²) in [6.45, 7) is 0.471. The molecule has 1 rings (SSSR count). The molecule has 0 saturated carbocycles. The third kappa shape index (κ3) is 2.44. The summed E-state index contributed by atoms with van der Waals surface area (Å²) < 4.78 is 5.66. The molecule has 1 aromatic carbocycles. The summed E-state index contributed by atoms with van der Waals surface area (Å²) in [5, 5.41) is 0. The molecular formula is C7H6ClIO. The lowest BCUT2D eigenvalue weighted by atomic mass is 10.2. The van der Waals surface area contributed by atoms with Crippen LogP contribution in [0.2, 0.25) is 0 Å². The molecule has 0 bridgehead atoms. The maximum atomic E-state index is 5.07. The number of hydrogen-bond donors (Lipinski definition) is 0.